The Morgan fingerprint density at radius 2 is 2.05 bits per heavy atom. The predicted octanol–water partition coefficient (Wildman–Crippen LogP) is -1.98. The number of hydrogen-bond acceptors (Lipinski definition) is 5. The smallest absolute Gasteiger partial charge is 0.290 e. The fraction of sp³-hybridized carbons (Fsp3) is 0.455. The zero-order chi connectivity index (χ0) is 15.1. The monoisotopic (exact) mass is 284 g/mol. The minimum absolute atomic E-state index is 0.250. The molecule has 1 fully saturated rings. The molecule has 0 spiro atoms. The second kappa shape index (κ2) is 7.24. The maximum atomic E-state index is 11.7. The first-order chi connectivity index (χ1) is 9.49. The lowest BCUT2D eigenvalue weighted by molar-refractivity contribution is -0.139. The highest BCUT2D eigenvalue weighted by molar-refractivity contribution is 5.97. The van der Waals surface area contributed by atoms with Gasteiger partial charge in [-0.2, -0.15) is 0 Å². The van der Waals surface area contributed by atoms with Crippen LogP contribution in [0.2, 0.25) is 0 Å². The van der Waals surface area contributed by atoms with Crippen LogP contribution < -0.4 is 10.6 Å². The maximum Gasteiger partial charge on any atom is 0.290 e. The zero-order valence-electron chi connectivity index (χ0n) is 10.7. The van der Waals surface area contributed by atoms with Crippen LogP contribution in [0.3, 0.4) is 0 Å². The average Bonchev–Trinajstić information content (AvgIpc) is 2.87. The van der Waals surface area contributed by atoms with Crippen molar-refractivity contribution in [2.24, 2.45) is 0 Å². The molecule has 2 rings (SSSR count). The fourth-order valence-electron chi connectivity index (χ4n) is 1.75. The summed E-state index contributed by atoms with van der Waals surface area (Å²) in [6.07, 6.45) is 2.55. The van der Waals surface area contributed by atoms with Crippen molar-refractivity contribution < 1.29 is 24.6 Å². The molecule has 5 N–H and O–H groups in total. The highest BCUT2D eigenvalue weighted by Gasteiger charge is 2.36. The zero-order valence-corrected chi connectivity index (χ0v) is 10.7. The summed E-state index contributed by atoms with van der Waals surface area (Å²) < 4.78 is 0. The molecule has 0 unspecified atom stereocenters. The summed E-state index contributed by atoms with van der Waals surface area (Å²) in [6, 6.07) is -1.50. The van der Waals surface area contributed by atoms with Crippen LogP contribution in [0.4, 0.5) is 0 Å². The largest absolute Gasteiger partial charge is 0.483 e. The van der Waals surface area contributed by atoms with Crippen molar-refractivity contribution in [2.75, 3.05) is 0 Å². The van der Waals surface area contributed by atoms with Crippen molar-refractivity contribution in [2.45, 2.75) is 31.5 Å². The van der Waals surface area contributed by atoms with Crippen molar-refractivity contribution in [1.82, 2.24) is 20.6 Å². The number of H-pyrrole nitrogens is 1. The van der Waals surface area contributed by atoms with Gasteiger partial charge in [-0.25, -0.2) is 4.98 Å². The third kappa shape index (κ3) is 4.05. The first-order valence-corrected chi connectivity index (χ1v) is 5.83. The van der Waals surface area contributed by atoms with Crippen LogP contribution >= 0.6 is 0 Å². The van der Waals surface area contributed by atoms with Gasteiger partial charge in [-0.05, 0) is 6.92 Å². The number of aromatic nitrogens is 2. The molecule has 2 heterocycles. The number of amides is 2. The molecule has 1 aliphatic heterocycles. The van der Waals surface area contributed by atoms with Crippen LogP contribution in [0.1, 0.15) is 12.6 Å². The minimum atomic E-state index is -0.910. The first kappa shape index (κ1) is 15.6. The first-order valence-electron chi connectivity index (χ1n) is 5.83. The van der Waals surface area contributed by atoms with E-state index in [9.17, 15) is 14.7 Å². The Morgan fingerprint density at radius 3 is 2.55 bits per heavy atom. The van der Waals surface area contributed by atoms with Gasteiger partial charge in [-0.1, -0.05) is 0 Å². The summed E-state index contributed by atoms with van der Waals surface area (Å²) in [5.74, 6) is -0.672. The number of nitrogens with zero attached hydrogens (tertiary/aromatic N) is 1. The van der Waals surface area contributed by atoms with Gasteiger partial charge in [-0.15, -0.1) is 0 Å². The van der Waals surface area contributed by atoms with E-state index in [1.165, 1.54) is 13.3 Å². The SMILES string of the molecule is C[C@H](O)[C@H]1NC(=O)[C@H](Cc2cnc[nH]2)NC1=O.O=CO. The summed E-state index contributed by atoms with van der Waals surface area (Å²) in [7, 11) is 0. The second-order valence-electron chi connectivity index (χ2n) is 4.17. The molecule has 0 radical (unpaired) electrons. The van der Waals surface area contributed by atoms with Gasteiger partial charge < -0.3 is 25.8 Å². The normalized spacial score (nSPS) is 22.9. The Morgan fingerprint density at radius 1 is 1.40 bits per heavy atom. The molecule has 1 saturated heterocycles. The maximum absolute atomic E-state index is 11.7. The fourth-order valence-corrected chi connectivity index (χ4v) is 1.75. The quantitative estimate of drug-likeness (QED) is 0.407. The molecule has 2 amide bonds. The standard InChI is InChI=1S/C10H14N4O3.CH2O2/c1-5(15)8-10(17)13-7(9(16)14-8)2-6-3-11-4-12-6;2-1-3/h3-5,7-8,15H,2H2,1H3,(H,11,12)(H,13,17)(H,14,16);1H,(H,2,3)/t5-,7-,8+;/m0./s1. The number of aliphatic hydroxyl groups is 1. The van der Waals surface area contributed by atoms with Gasteiger partial charge in [-0.3, -0.25) is 14.4 Å². The van der Waals surface area contributed by atoms with E-state index < -0.39 is 18.2 Å². The van der Waals surface area contributed by atoms with Crippen molar-refractivity contribution >= 4 is 18.3 Å². The van der Waals surface area contributed by atoms with E-state index >= 15 is 0 Å². The van der Waals surface area contributed by atoms with Gasteiger partial charge in [0.15, 0.2) is 0 Å². The number of nitrogens with one attached hydrogen (secondary N) is 3. The number of aliphatic hydroxyl groups excluding tert-OH is 1. The lowest BCUT2D eigenvalue weighted by atomic mass is 10.0. The summed E-state index contributed by atoms with van der Waals surface area (Å²) in [4.78, 5) is 38.4. The molecular formula is C11H16N4O5. The van der Waals surface area contributed by atoms with Crippen LogP contribution in [-0.2, 0) is 20.8 Å². The molecule has 1 aromatic heterocycles. The summed E-state index contributed by atoms with van der Waals surface area (Å²) in [5.41, 5.74) is 0.765. The molecule has 0 saturated carbocycles. The predicted molar refractivity (Wildman–Crippen MR) is 66.5 cm³/mol. The van der Waals surface area contributed by atoms with Gasteiger partial charge in [0.2, 0.25) is 11.8 Å². The van der Waals surface area contributed by atoms with Crippen LogP contribution in [0.5, 0.6) is 0 Å². The number of imidazole rings is 1. The number of piperazine rings is 1. The van der Waals surface area contributed by atoms with E-state index in [4.69, 9.17) is 9.90 Å². The molecule has 9 nitrogen and oxygen atoms in total. The molecule has 0 aliphatic carbocycles. The van der Waals surface area contributed by atoms with Gasteiger partial charge in [0, 0.05) is 18.3 Å². The minimum Gasteiger partial charge on any atom is -0.483 e. The number of carboxylic acid groups (broad SMARTS) is 1. The third-order valence-corrected chi connectivity index (χ3v) is 2.67. The van der Waals surface area contributed by atoms with Gasteiger partial charge >= 0.3 is 0 Å². The third-order valence-electron chi connectivity index (χ3n) is 2.67. The topological polar surface area (TPSA) is 144 Å². The van der Waals surface area contributed by atoms with Crippen molar-refractivity contribution in [3.05, 3.63) is 18.2 Å². The highest BCUT2D eigenvalue weighted by Crippen LogP contribution is 2.06. The van der Waals surface area contributed by atoms with E-state index in [2.05, 4.69) is 20.6 Å². The van der Waals surface area contributed by atoms with E-state index in [1.54, 1.807) is 6.20 Å². The van der Waals surface area contributed by atoms with E-state index in [1.807, 2.05) is 0 Å². The molecular weight excluding hydrogens is 268 g/mol. The average molecular weight is 284 g/mol. The highest BCUT2D eigenvalue weighted by atomic mass is 16.3. The van der Waals surface area contributed by atoms with E-state index in [-0.39, 0.29) is 18.3 Å². The molecule has 1 aliphatic rings. The number of hydrogen-bond donors (Lipinski definition) is 5. The number of aromatic amines is 1. The Hall–Kier alpha value is -2.42. The molecule has 0 bridgehead atoms. The molecule has 0 aromatic carbocycles. The molecule has 3 atom stereocenters. The Labute approximate surface area is 114 Å². The molecule has 9 heteroatoms. The van der Waals surface area contributed by atoms with Gasteiger partial charge in [0.25, 0.3) is 6.47 Å². The van der Waals surface area contributed by atoms with Crippen LogP contribution in [0, 0.1) is 0 Å². The van der Waals surface area contributed by atoms with Crippen LogP contribution in [0.25, 0.3) is 0 Å². The summed E-state index contributed by atoms with van der Waals surface area (Å²) >= 11 is 0. The lowest BCUT2D eigenvalue weighted by Crippen LogP contribution is -2.65. The number of carbonyl (C=O) groups excluding carboxylic acids is 2. The lowest BCUT2D eigenvalue weighted by Gasteiger charge is -2.30. The number of carbonyl (C=O) groups is 3. The van der Waals surface area contributed by atoms with E-state index in [0.717, 1.165) is 5.69 Å². The van der Waals surface area contributed by atoms with E-state index in [0.29, 0.717) is 6.42 Å². The van der Waals surface area contributed by atoms with Crippen molar-refractivity contribution in [1.29, 1.82) is 0 Å². The van der Waals surface area contributed by atoms with Gasteiger partial charge in [0.05, 0.1) is 12.4 Å². The van der Waals surface area contributed by atoms with Crippen LogP contribution in [0.15, 0.2) is 12.5 Å². The second-order valence-corrected chi connectivity index (χ2v) is 4.17. The molecule has 110 valence electrons. The Bertz CT molecular complexity index is 459. The van der Waals surface area contributed by atoms with Crippen molar-refractivity contribution in [3.63, 3.8) is 0 Å². The van der Waals surface area contributed by atoms with Crippen molar-refractivity contribution in [3.8, 4) is 0 Å². The van der Waals surface area contributed by atoms with Crippen LogP contribution in [-0.4, -0.2) is 56.7 Å². The van der Waals surface area contributed by atoms with Gasteiger partial charge in [0.1, 0.15) is 12.1 Å². The summed E-state index contributed by atoms with van der Waals surface area (Å²) in [6.45, 7) is 1.21. The summed E-state index contributed by atoms with van der Waals surface area (Å²) in [5, 5.41) is 21.3. The Kier molecular flexibility index (Phi) is 5.66. The molecule has 1 aromatic rings. The number of rotatable bonds is 3. The molecule has 20 heavy (non-hydrogen) atoms. The Balaban J connectivity index is 0.000000612.